The number of hydrogen-bond donors (Lipinski definition) is 2. The first-order valence-electron chi connectivity index (χ1n) is 9.17. The number of hydrogen-bond acceptors (Lipinski definition) is 3. The average molecular weight is 354 g/mol. The van der Waals surface area contributed by atoms with Crippen molar-refractivity contribution < 1.29 is 14.3 Å². The van der Waals surface area contributed by atoms with Crippen molar-refractivity contribution in [2.45, 2.75) is 38.5 Å². The van der Waals surface area contributed by atoms with Gasteiger partial charge in [-0.2, -0.15) is 0 Å². The standard InChI is InChI=1S/C21H26N2O3/c24-21(22-14-17-7-2-1-3-8-17)23-19-10-6-9-18(13-19)15-25-16-20-11-4-5-12-26-20/h1-3,6-10,13,20H,4-5,11-12,14-16H2,(H2,22,23,24). The van der Waals surface area contributed by atoms with Crippen LogP contribution in [0, 0.1) is 0 Å². The normalized spacial score (nSPS) is 16.8. The monoisotopic (exact) mass is 354 g/mol. The van der Waals surface area contributed by atoms with E-state index < -0.39 is 0 Å². The summed E-state index contributed by atoms with van der Waals surface area (Å²) in [5.74, 6) is 0. The molecule has 0 radical (unpaired) electrons. The van der Waals surface area contributed by atoms with E-state index in [0.717, 1.165) is 36.3 Å². The summed E-state index contributed by atoms with van der Waals surface area (Å²) in [6.07, 6.45) is 3.65. The molecule has 1 heterocycles. The van der Waals surface area contributed by atoms with Crippen LogP contribution in [0.4, 0.5) is 10.5 Å². The van der Waals surface area contributed by atoms with Gasteiger partial charge in [0, 0.05) is 18.8 Å². The summed E-state index contributed by atoms with van der Waals surface area (Å²) in [4.78, 5) is 12.0. The molecule has 1 aliphatic heterocycles. The largest absolute Gasteiger partial charge is 0.376 e. The summed E-state index contributed by atoms with van der Waals surface area (Å²) in [7, 11) is 0. The highest BCUT2D eigenvalue weighted by atomic mass is 16.5. The fourth-order valence-electron chi connectivity index (χ4n) is 2.94. The molecule has 1 unspecified atom stereocenters. The molecule has 3 rings (SSSR count). The molecule has 2 amide bonds. The van der Waals surface area contributed by atoms with Gasteiger partial charge in [-0.05, 0) is 42.5 Å². The maximum atomic E-state index is 12.0. The van der Waals surface area contributed by atoms with Crippen LogP contribution in [0.2, 0.25) is 0 Å². The van der Waals surface area contributed by atoms with Gasteiger partial charge in [-0.1, -0.05) is 42.5 Å². The fourth-order valence-corrected chi connectivity index (χ4v) is 2.94. The van der Waals surface area contributed by atoms with Crippen LogP contribution in [-0.2, 0) is 22.6 Å². The average Bonchev–Trinajstić information content (AvgIpc) is 2.68. The van der Waals surface area contributed by atoms with Crippen LogP contribution in [0.3, 0.4) is 0 Å². The molecule has 1 atom stereocenters. The van der Waals surface area contributed by atoms with Gasteiger partial charge in [-0.25, -0.2) is 4.79 Å². The lowest BCUT2D eigenvalue weighted by molar-refractivity contribution is -0.0447. The second-order valence-electron chi connectivity index (χ2n) is 6.50. The number of nitrogens with one attached hydrogen (secondary N) is 2. The number of carbonyl (C=O) groups excluding carboxylic acids is 1. The summed E-state index contributed by atoms with van der Waals surface area (Å²) in [5, 5.41) is 5.72. The van der Waals surface area contributed by atoms with Gasteiger partial charge in [0.2, 0.25) is 0 Å². The van der Waals surface area contributed by atoms with Gasteiger partial charge in [0.1, 0.15) is 0 Å². The van der Waals surface area contributed by atoms with E-state index in [2.05, 4.69) is 10.6 Å². The first-order chi connectivity index (χ1) is 12.8. The van der Waals surface area contributed by atoms with E-state index in [0.29, 0.717) is 19.8 Å². The van der Waals surface area contributed by atoms with Crippen molar-refractivity contribution in [3.05, 3.63) is 65.7 Å². The van der Waals surface area contributed by atoms with Crippen molar-refractivity contribution in [1.29, 1.82) is 0 Å². The molecule has 2 aromatic carbocycles. The third-order valence-corrected chi connectivity index (χ3v) is 4.33. The number of urea groups is 1. The van der Waals surface area contributed by atoms with Gasteiger partial charge in [0.25, 0.3) is 0 Å². The molecule has 5 heteroatoms. The number of amides is 2. The second-order valence-corrected chi connectivity index (χ2v) is 6.50. The Labute approximate surface area is 154 Å². The molecule has 0 aliphatic carbocycles. The smallest absolute Gasteiger partial charge is 0.319 e. The SMILES string of the molecule is O=C(NCc1ccccc1)Nc1cccc(COCC2CCCCO2)c1. The van der Waals surface area contributed by atoms with Crippen molar-refractivity contribution in [3.63, 3.8) is 0 Å². The Hall–Kier alpha value is -2.37. The van der Waals surface area contributed by atoms with Crippen molar-refractivity contribution in [2.75, 3.05) is 18.5 Å². The predicted octanol–water partition coefficient (Wildman–Crippen LogP) is 4.09. The maximum absolute atomic E-state index is 12.0. The van der Waals surface area contributed by atoms with Gasteiger partial charge in [0.05, 0.1) is 19.3 Å². The highest BCUT2D eigenvalue weighted by Gasteiger charge is 2.13. The zero-order valence-electron chi connectivity index (χ0n) is 14.9. The lowest BCUT2D eigenvalue weighted by atomic mass is 10.1. The third kappa shape index (κ3) is 6.17. The molecule has 1 aliphatic rings. The summed E-state index contributed by atoms with van der Waals surface area (Å²) in [5.41, 5.74) is 2.85. The highest BCUT2D eigenvalue weighted by Crippen LogP contribution is 2.15. The summed E-state index contributed by atoms with van der Waals surface area (Å²) in [6.45, 7) is 2.47. The van der Waals surface area contributed by atoms with Crippen LogP contribution in [-0.4, -0.2) is 25.3 Å². The topological polar surface area (TPSA) is 59.6 Å². The molecule has 0 saturated carbocycles. The first-order valence-corrected chi connectivity index (χ1v) is 9.17. The Bertz CT molecular complexity index is 685. The Kier molecular flexibility index (Phi) is 7.05. The van der Waals surface area contributed by atoms with E-state index >= 15 is 0 Å². The van der Waals surface area contributed by atoms with E-state index in [1.54, 1.807) is 0 Å². The van der Waals surface area contributed by atoms with Gasteiger partial charge in [-0.3, -0.25) is 0 Å². The molecule has 2 aromatic rings. The molecule has 0 spiro atoms. The summed E-state index contributed by atoms with van der Waals surface area (Å²) in [6, 6.07) is 17.3. The van der Waals surface area contributed by atoms with Crippen molar-refractivity contribution in [2.24, 2.45) is 0 Å². The van der Waals surface area contributed by atoms with Crippen LogP contribution < -0.4 is 10.6 Å². The Balaban J connectivity index is 1.42. The minimum atomic E-state index is -0.220. The Morgan fingerprint density at radius 1 is 1.08 bits per heavy atom. The molecule has 0 aromatic heterocycles. The van der Waals surface area contributed by atoms with E-state index in [-0.39, 0.29) is 12.1 Å². The second kappa shape index (κ2) is 9.94. The van der Waals surface area contributed by atoms with Crippen molar-refractivity contribution >= 4 is 11.7 Å². The minimum Gasteiger partial charge on any atom is -0.376 e. The minimum absolute atomic E-state index is 0.217. The number of carbonyl (C=O) groups is 1. The molecule has 0 bridgehead atoms. The van der Waals surface area contributed by atoms with E-state index in [1.165, 1.54) is 6.42 Å². The zero-order chi connectivity index (χ0) is 18.0. The quantitative estimate of drug-likeness (QED) is 0.787. The molecule has 1 fully saturated rings. The van der Waals surface area contributed by atoms with E-state index in [4.69, 9.17) is 9.47 Å². The lowest BCUT2D eigenvalue weighted by Crippen LogP contribution is -2.28. The zero-order valence-corrected chi connectivity index (χ0v) is 14.9. The molecule has 138 valence electrons. The van der Waals surface area contributed by atoms with Crippen LogP contribution >= 0.6 is 0 Å². The number of ether oxygens (including phenoxy) is 2. The van der Waals surface area contributed by atoms with Crippen molar-refractivity contribution in [1.82, 2.24) is 5.32 Å². The van der Waals surface area contributed by atoms with Crippen LogP contribution in [0.25, 0.3) is 0 Å². The van der Waals surface area contributed by atoms with Crippen molar-refractivity contribution in [3.8, 4) is 0 Å². The Morgan fingerprint density at radius 2 is 1.92 bits per heavy atom. The first kappa shape index (κ1) is 18.4. The summed E-state index contributed by atoms with van der Waals surface area (Å²) < 4.78 is 11.4. The molecule has 2 N–H and O–H groups in total. The predicted molar refractivity (Wildman–Crippen MR) is 102 cm³/mol. The molecule has 26 heavy (non-hydrogen) atoms. The van der Waals surface area contributed by atoms with Crippen LogP contribution in [0.1, 0.15) is 30.4 Å². The molecular weight excluding hydrogens is 328 g/mol. The lowest BCUT2D eigenvalue weighted by Gasteiger charge is -2.22. The van der Waals surface area contributed by atoms with Crippen LogP contribution in [0.15, 0.2) is 54.6 Å². The molecule has 5 nitrogen and oxygen atoms in total. The fraction of sp³-hybridized carbons (Fsp3) is 0.381. The number of rotatable bonds is 7. The highest BCUT2D eigenvalue weighted by molar-refractivity contribution is 5.89. The van der Waals surface area contributed by atoms with Gasteiger partial charge >= 0.3 is 6.03 Å². The van der Waals surface area contributed by atoms with E-state index in [9.17, 15) is 4.79 Å². The van der Waals surface area contributed by atoms with Gasteiger partial charge in [0.15, 0.2) is 0 Å². The van der Waals surface area contributed by atoms with Gasteiger partial charge in [-0.15, -0.1) is 0 Å². The number of benzene rings is 2. The molecular formula is C21H26N2O3. The maximum Gasteiger partial charge on any atom is 0.319 e. The van der Waals surface area contributed by atoms with Crippen LogP contribution in [0.5, 0.6) is 0 Å². The van der Waals surface area contributed by atoms with E-state index in [1.807, 2.05) is 54.6 Å². The van der Waals surface area contributed by atoms with Gasteiger partial charge < -0.3 is 20.1 Å². The number of anilines is 1. The molecule has 1 saturated heterocycles. The Morgan fingerprint density at radius 3 is 2.73 bits per heavy atom. The summed E-state index contributed by atoms with van der Waals surface area (Å²) >= 11 is 0. The third-order valence-electron chi connectivity index (χ3n) is 4.33.